The van der Waals surface area contributed by atoms with Gasteiger partial charge in [-0.05, 0) is 36.2 Å². The van der Waals surface area contributed by atoms with Crippen LogP contribution in [0.15, 0.2) is 49.1 Å². The molecule has 0 fully saturated rings. The number of aryl methyl sites for hydroxylation is 1. The standard InChI is InChI=1S/C16H15N3O2/c1-11-2-3-12(9-20)6-15(11)18-16(21)13-4-5-19-10-17-8-14(19)7-13/h2-8,10,20H,9H2,1H3,(H,18,21). The molecule has 5 nitrogen and oxygen atoms in total. The Bertz CT molecular complexity index is 808. The van der Waals surface area contributed by atoms with Crippen molar-refractivity contribution in [2.24, 2.45) is 0 Å². The molecule has 0 saturated carbocycles. The van der Waals surface area contributed by atoms with E-state index >= 15 is 0 Å². The summed E-state index contributed by atoms with van der Waals surface area (Å²) in [5, 5.41) is 12.1. The molecule has 0 spiro atoms. The van der Waals surface area contributed by atoms with Crippen molar-refractivity contribution in [1.82, 2.24) is 9.38 Å². The fraction of sp³-hybridized carbons (Fsp3) is 0.125. The second-order valence-corrected chi connectivity index (χ2v) is 4.90. The Kier molecular flexibility index (Phi) is 3.41. The van der Waals surface area contributed by atoms with Crippen molar-refractivity contribution in [3.05, 3.63) is 65.7 Å². The summed E-state index contributed by atoms with van der Waals surface area (Å²) in [5.41, 5.74) is 3.85. The minimum absolute atomic E-state index is 0.0507. The SMILES string of the molecule is Cc1ccc(CO)cc1NC(=O)c1ccn2cncc2c1. The van der Waals surface area contributed by atoms with Crippen LogP contribution in [0, 0.1) is 6.92 Å². The Hall–Kier alpha value is -2.66. The van der Waals surface area contributed by atoms with Gasteiger partial charge in [-0.3, -0.25) is 4.79 Å². The number of hydrogen-bond acceptors (Lipinski definition) is 3. The van der Waals surface area contributed by atoms with Gasteiger partial charge in [0.05, 0.1) is 24.6 Å². The number of nitrogens with zero attached hydrogens (tertiary/aromatic N) is 2. The molecule has 2 N–H and O–H groups in total. The summed E-state index contributed by atoms with van der Waals surface area (Å²) in [7, 11) is 0. The number of benzene rings is 1. The number of anilines is 1. The predicted molar refractivity (Wildman–Crippen MR) is 80.2 cm³/mol. The number of aliphatic hydroxyl groups is 1. The van der Waals surface area contributed by atoms with Crippen LogP contribution >= 0.6 is 0 Å². The Morgan fingerprint density at radius 1 is 1.33 bits per heavy atom. The number of aromatic nitrogens is 2. The third-order valence-corrected chi connectivity index (χ3v) is 3.41. The average Bonchev–Trinajstić information content (AvgIpc) is 2.96. The van der Waals surface area contributed by atoms with Crippen LogP contribution in [0.25, 0.3) is 5.52 Å². The molecule has 3 aromatic rings. The molecule has 0 aliphatic carbocycles. The molecule has 0 bridgehead atoms. The van der Waals surface area contributed by atoms with Gasteiger partial charge in [-0.2, -0.15) is 0 Å². The van der Waals surface area contributed by atoms with Gasteiger partial charge < -0.3 is 14.8 Å². The number of imidazole rings is 1. The molecular formula is C16H15N3O2. The number of rotatable bonds is 3. The Morgan fingerprint density at radius 3 is 3.00 bits per heavy atom. The van der Waals surface area contributed by atoms with Crippen LogP contribution in [0.1, 0.15) is 21.5 Å². The molecule has 0 saturated heterocycles. The first-order valence-electron chi connectivity index (χ1n) is 6.61. The number of nitrogens with one attached hydrogen (secondary N) is 1. The zero-order valence-electron chi connectivity index (χ0n) is 11.6. The van der Waals surface area contributed by atoms with E-state index in [0.29, 0.717) is 11.3 Å². The van der Waals surface area contributed by atoms with E-state index in [1.54, 1.807) is 36.9 Å². The van der Waals surface area contributed by atoms with Gasteiger partial charge in [0.25, 0.3) is 5.91 Å². The van der Waals surface area contributed by atoms with Crippen LogP contribution in [-0.4, -0.2) is 20.4 Å². The molecule has 0 aliphatic rings. The van der Waals surface area contributed by atoms with E-state index in [9.17, 15) is 9.90 Å². The summed E-state index contributed by atoms with van der Waals surface area (Å²) in [4.78, 5) is 16.4. The number of carbonyl (C=O) groups excluding carboxylic acids is 1. The molecule has 0 aliphatic heterocycles. The Labute approximate surface area is 121 Å². The van der Waals surface area contributed by atoms with Crippen molar-refractivity contribution in [2.75, 3.05) is 5.32 Å². The van der Waals surface area contributed by atoms with Crippen molar-refractivity contribution < 1.29 is 9.90 Å². The molecule has 5 heteroatoms. The van der Waals surface area contributed by atoms with Crippen LogP contribution < -0.4 is 5.32 Å². The maximum absolute atomic E-state index is 12.3. The van der Waals surface area contributed by atoms with E-state index in [0.717, 1.165) is 16.6 Å². The quantitative estimate of drug-likeness (QED) is 0.774. The third-order valence-electron chi connectivity index (χ3n) is 3.41. The lowest BCUT2D eigenvalue weighted by Crippen LogP contribution is -2.13. The number of fused-ring (bicyclic) bond motifs is 1. The summed E-state index contributed by atoms with van der Waals surface area (Å²) in [5.74, 6) is -0.183. The lowest BCUT2D eigenvalue weighted by Gasteiger charge is -2.10. The van der Waals surface area contributed by atoms with Crippen LogP contribution in [-0.2, 0) is 6.61 Å². The van der Waals surface area contributed by atoms with Gasteiger partial charge in [-0.1, -0.05) is 12.1 Å². The maximum atomic E-state index is 12.3. The molecule has 0 radical (unpaired) electrons. The van der Waals surface area contributed by atoms with Crippen molar-refractivity contribution in [1.29, 1.82) is 0 Å². The van der Waals surface area contributed by atoms with Gasteiger partial charge in [-0.25, -0.2) is 4.98 Å². The first-order chi connectivity index (χ1) is 10.2. The van der Waals surface area contributed by atoms with Crippen molar-refractivity contribution >= 4 is 17.1 Å². The van der Waals surface area contributed by atoms with Gasteiger partial charge in [0.2, 0.25) is 0 Å². The van der Waals surface area contributed by atoms with Crippen LogP contribution in [0.3, 0.4) is 0 Å². The van der Waals surface area contributed by atoms with Crippen LogP contribution in [0.4, 0.5) is 5.69 Å². The molecule has 106 valence electrons. The molecule has 3 rings (SSSR count). The molecule has 1 amide bonds. The number of amides is 1. The Morgan fingerprint density at radius 2 is 2.19 bits per heavy atom. The third kappa shape index (κ3) is 2.64. The average molecular weight is 281 g/mol. The summed E-state index contributed by atoms with van der Waals surface area (Å²) >= 11 is 0. The lowest BCUT2D eigenvalue weighted by molar-refractivity contribution is 0.102. The zero-order valence-corrected chi connectivity index (χ0v) is 11.6. The van der Waals surface area contributed by atoms with E-state index in [1.165, 1.54) is 0 Å². The highest BCUT2D eigenvalue weighted by molar-refractivity contribution is 6.05. The van der Waals surface area contributed by atoms with Gasteiger partial charge in [0.1, 0.15) is 0 Å². The monoisotopic (exact) mass is 281 g/mol. The molecule has 0 atom stereocenters. The molecule has 1 aromatic carbocycles. The summed E-state index contributed by atoms with van der Waals surface area (Å²) < 4.78 is 1.84. The first-order valence-corrected chi connectivity index (χ1v) is 6.61. The van der Waals surface area contributed by atoms with E-state index in [4.69, 9.17) is 0 Å². The normalized spacial score (nSPS) is 10.8. The molecule has 21 heavy (non-hydrogen) atoms. The van der Waals surface area contributed by atoms with Crippen LogP contribution in [0.5, 0.6) is 0 Å². The lowest BCUT2D eigenvalue weighted by atomic mass is 10.1. The molecular weight excluding hydrogens is 266 g/mol. The summed E-state index contributed by atoms with van der Waals surface area (Å²) in [6, 6.07) is 9.03. The van der Waals surface area contributed by atoms with Gasteiger partial charge in [0, 0.05) is 17.4 Å². The largest absolute Gasteiger partial charge is 0.392 e. The topological polar surface area (TPSA) is 66.6 Å². The van der Waals surface area contributed by atoms with Gasteiger partial charge >= 0.3 is 0 Å². The highest BCUT2D eigenvalue weighted by atomic mass is 16.3. The van der Waals surface area contributed by atoms with Gasteiger partial charge in [-0.15, -0.1) is 0 Å². The van der Waals surface area contributed by atoms with Crippen LogP contribution in [0.2, 0.25) is 0 Å². The second-order valence-electron chi connectivity index (χ2n) is 4.90. The predicted octanol–water partition coefficient (Wildman–Crippen LogP) is 2.39. The number of carbonyl (C=O) groups is 1. The Balaban J connectivity index is 1.88. The van der Waals surface area contributed by atoms with Crippen molar-refractivity contribution in [2.45, 2.75) is 13.5 Å². The smallest absolute Gasteiger partial charge is 0.255 e. The number of hydrogen-bond donors (Lipinski definition) is 2. The van der Waals surface area contributed by atoms with E-state index < -0.39 is 0 Å². The highest BCUT2D eigenvalue weighted by Gasteiger charge is 2.09. The second kappa shape index (κ2) is 5.38. The van der Waals surface area contributed by atoms with E-state index in [-0.39, 0.29) is 12.5 Å². The number of pyridine rings is 1. The van der Waals surface area contributed by atoms with Crippen molar-refractivity contribution in [3.8, 4) is 0 Å². The fourth-order valence-electron chi connectivity index (χ4n) is 2.16. The van der Waals surface area contributed by atoms with E-state index in [2.05, 4.69) is 10.3 Å². The fourth-order valence-corrected chi connectivity index (χ4v) is 2.16. The van der Waals surface area contributed by atoms with Gasteiger partial charge in [0.15, 0.2) is 0 Å². The minimum Gasteiger partial charge on any atom is -0.392 e. The van der Waals surface area contributed by atoms with Crippen molar-refractivity contribution in [3.63, 3.8) is 0 Å². The van der Waals surface area contributed by atoms with E-state index in [1.807, 2.05) is 23.5 Å². The first kappa shape index (κ1) is 13.3. The molecule has 0 unspecified atom stereocenters. The summed E-state index contributed by atoms with van der Waals surface area (Å²) in [6.07, 6.45) is 5.19. The zero-order chi connectivity index (χ0) is 14.8. The highest BCUT2D eigenvalue weighted by Crippen LogP contribution is 2.18. The number of aliphatic hydroxyl groups excluding tert-OH is 1. The maximum Gasteiger partial charge on any atom is 0.255 e. The summed E-state index contributed by atoms with van der Waals surface area (Å²) in [6.45, 7) is 1.86. The molecule has 2 heterocycles. The minimum atomic E-state index is -0.183. The molecule has 2 aromatic heterocycles.